The third kappa shape index (κ3) is 4.10. The number of benzene rings is 1. The number of hydrazone groups is 1. The number of primary amides is 1. The fourth-order valence-corrected chi connectivity index (χ4v) is 3.47. The van der Waals surface area contributed by atoms with Crippen LogP contribution in [0.15, 0.2) is 33.8 Å². The summed E-state index contributed by atoms with van der Waals surface area (Å²) in [6, 6.07) is 5.06. The molecule has 1 aliphatic carbocycles. The van der Waals surface area contributed by atoms with Crippen LogP contribution in [0.1, 0.15) is 47.7 Å². The Morgan fingerprint density at radius 2 is 1.97 bits per heavy atom. The molecule has 3 amide bonds. The maximum absolute atomic E-state index is 12.8. The van der Waals surface area contributed by atoms with Crippen LogP contribution in [-0.2, 0) is 6.42 Å². The molecule has 4 N–H and O–H groups in total. The Morgan fingerprint density at radius 3 is 2.62 bits per heavy atom. The summed E-state index contributed by atoms with van der Waals surface area (Å²) in [5, 5.41) is 17.8. The van der Waals surface area contributed by atoms with Gasteiger partial charge in [0.15, 0.2) is 5.76 Å². The molecule has 0 saturated carbocycles. The fraction of sp³-hybridized carbons (Fsp3) is 0.316. The fourth-order valence-electron chi connectivity index (χ4n) is 3.47. The predicted molar refractivity (Wildman–Crippen MR) is 106 cm³/mol. The first kappa shape index (κ1) is 20.1. The van der Waals surface area contributed by atoms with E-state index in [1.54, 1.807) is 13.0 Å². The Hall–Kier alpha value is -3.69. The molecule has 10 nitrogen and oxygen atoms in total. The van der Waals surface area contributed by atoms with Gasteiger partial charge in [0.05, 0.1) is 10.6 Å². The highest BCUT2D eigenvalue weighted by molar-refractivity contribution is 6.10. The van der Waals surface area contributed by atoms with Crippen molar-refractivity contribution < 1.29 is 18.9 Å². The number of hydrogen-bond acceptors (Lipinski definition) is 6. The van der Waals surface area contributed by atoms with Gasteiger partial charge in [-0.1, -0.05) is 26.0 Å². The number of carbonyl (C=O) groups is 2. The van der Waals surface area contributed by atoms with Crippen LogP contribution in [0.3, 0.4) is 0 Å². The summed E-state index contributed by atoms with van der Waals surface area (Å²) in [6.07, 6.45) is 1.11. The van der Waals surface area contributed by atoms with E-state index < -0.39 is 16.9 Å². The van der Waals surface area contributed by atoms with E-state index in [0.717, 1.165) is 0 Å². The maximum Gasteiger partial charge on any atom is 0.332 e. The average Bonchev–Trinajstić information content (AvgIpc) is 2.95. The van der Waals surface area contributed by atoms with E-state index in [2.05, 4.69) is 15.8 Å². The molecule has 0 aliphatic heterocycles. The Bertz CT molecular complexity index is 1040. The number of nitro groups is 1. The normalized spacial score (nSPS) is 16.2. The third-order valence-corrected chi connectivity index (χ3v) is 4.65. The molecular formula is C19H21N5O5. The molecule has 0 bridgehead atoms. The van der Waals surface area contributed by atoms with E-state index in [1.165, 1.54) is 18.2 Å². The minimum Gasteiger partial charge on any atom is -0.455 e. The molecule has 0 spiro atoms. The van der Waals surface area contributed by atoms with Gasteiger partial charge in [0, 0.05) is 23.6 Å². The molecule has 1 aliphatic rings. The van der Waals surface area contributed by atoms with Crippen molar-refractivity contribution in [1.82, 2.24) is 5.43 Å². The molecule has 3 rings (SSSR count). The second-order valence-electron chi connectivity index (χ2n) is 7.64. The Kier molecular flexibility index (Phi) is 5.10. The topological polar surface area (TPSA) is 153 Å². The first-order valence-corrected chi connectivity index (χ1v) is 8.88. The standard InChI is InChI=1S/C19H21N5O5/c1-10-15-12(22-23-18(20)26)8-19(2,3)9-14(15)29-16(10)17(25)21-11-6-4-5-7-13(11)24(27)28/h4-7H,8-9H2,1-3H3,(H,21,25)(H3,20,23,26)/b22-12-. The van der Waals surface area contributed by atoms with Gasteiger partial charge in [0.25, 0.3) is 11.6 Å². The van der Waals surface area contributed by atoms with Gasteiger partial charge in [-0.2, -0.15) is 5.10 Å². The number of amides is 3. The lowest BCUT2D eigenvalue weighted by atomic mass is 9.75. The molecule has 0 unspecified atom stereocenters. The smallest absolute Gasteiger partial charge is 0.332 e. The second kappa shape index (κ2) is 7.38. The zero-order chi connectivity index (χ0) is 21.3. The molecule has 1 heterocycles. The summed E-state index contributed by atoms with van der Waals surface area (Å²) in [4.78, 5) is 34.5. The van der Waals surface area contributed by atoms with Gasteiger partial charge < -0.3 is 15.5 Å². The van der Waals surface area contributed by atoms with Crippen molar-refractivity contribution in [3.05, 3.63) is 57.0 Å². The Morgan fingerprint density at radius 1 is 1.28 bits per heavy atom. The second-order valence-corrected chi connectivity index (χ2v) is 7.64. The number of nitro benzene ring substituents is 1. The van der Waals surface area contributed by atoms with Crippen LogP contribution in [0, 0.1) is 22.5 Å². The lowest BCUT2D eigenvalue weighted by molar-refractivity contribution is -0.383. The maximum atomic E-state index is 12.8. The predicted octanol–water partition coefficient (Wildman–Crippen LogP) is 3.09. The van der Waals surface area contributed by atoms with Crippen LogP contribution < -0.4 is 16.5 Å². The lowest BCUT2D eigenvalue weighted by Gasteiger charge is -2.29. The summed E-state index contributed by atoms with van der Waals surface area (Å²) in [5.74, 6) is 0.000300. The van der Waals surface area contributed by atoms with E-state index in [9.17, 15) is 19.7 Å². The van der Waals surface area contributed by atoms with E-state index in [1.807, 2.05) is 13.8 Å². The first-order valence-electron chi connectivity index (χ1n) is 8.88. The molecule has 0 atom stereocenters. The number of carbonyl (C=O) groups excluding carboxylic acids is 2. The summed E-state index contributed by atoms with van der Waals surface area (Å²) < 4.78 is 5.84. The number of nitrogens with two attached hydrogens (primary N) is 1. The average molecular weight is 399 g/mol. The number of rotatable bonds is 4. The number of hydrogen-bond donors (Lipinski definition) is 3. The highest BCUT2D eigenvalue weighted by atomic mass is 16.6. The van der Waals surface area contributed by atoms with Crippen LogP contribution in [0.25, 0.3) is 0 Å². The summed E-state index contributed by atoms with van der Waals surface area (Å²) in [7, 11) is 0. The molecule has 2 aromatic rings. The van der Waals surface area contributed by atoms with E-state index in [-0.39, 0.29) is 22.6 Å². The minimum absolute atomic E-state index is 0.0395. The molecule has 0 saturated heterocycles. The van der Waals surface area contributed by atoms with Gasteiger partial charge in [-0.15, -0.1) is 0 Å². The number of para-hydroxylation sites is 2. The molecule has 0 fully saturated rings. The summed E-state index contributed by atoms with van der Waals surface area (Å²) in [5.41, 5.74) is 8.73. The van der Waals surface area contributed by atoms with Crippen molar-refractivity contribution in [3.63, 3.8) is 0 Å². The van der Waals surface area contributed by atoms with Gasteiger partial charge in [-0.05, 0) is 24.8 Å². The van der Waals surface area contributed by atoms with E-state index in [4.69, 9.17) is 10.2 Å². The van der Waals surface area contributed by atoms with Crippen LogP contribution in [-0.4, -0.2) is 22.6 Å². The SMILES string of the molecule is Cc1c(C(=O)Nc2ccccc2[N+](=O)[O-])oc2c1/C(=N\NC(N)=O)CC(C)(C)C2. The summed E-state index contributed by atoms with van der Waals surface area (Å²) in [6.45, 7) is 5.73. The van der Waals surface area contributed by atoms with Crippen LogP contribution in [0.4, 0.5) is 16.2 Å². The van der Waals surface area contributed by atoms with Gasteiger partial charge in [-0.3, -0.25) is 14.9 Å². The lowest BCUT2D eigenvalue weighted by Crippen LogP contribution is -2.31. The molecule has 10 heteroatoms. The quantitative estimate of drug-likeness (QED) is 0.532. The monoisotopic (exact) mass is 399 g/mol. The van der Waals surface area contributed by atoms with Crippen LogP contribution in [0.2, 0.25) is 0 Å². The van der Waals surface area contributed by atoms with Gasteiger partial charge in [0.2, 0.25) is 0 Å². The molecule has 1 aromatic carbocycles. The van der Waals surface area contributed by atoms with E-state index >= 15 is 0 Å². The molecular weight excluding hydrogens is 378 g/mol. The Balaban J connectivity index is 1.99. The van der Waals surface area contributed by atoms with Crippen molar-refractivity contribution in [2.24, 2.45) is 16.3 Å². The highest BCUT2D eigenvalue weighted by Crippen LogP contribution is 2.39. The van der Waals surface area contributed by atoms with Gasteiger partial charge >= 0.3 is 6.03 Å². The first-order chi connectivity index (χ1) is 13.6. The number of fused-ring (bicyclic) bond motifs is 1. The van der Waals surface area contributed by atoms with Gasteiger partial charge in [0.1, 0.15) is 11.4 Å². The van der Waals surface area contributed by atoms with Crippen molar-refractivity contribution in [1.29, 1.82) is 0 Å². The number of anilines is 1. The van der Waals surface area contributed by atoms with Gasteiger partial charge in [-0.25, -0.2) is 10.2 Å². The van der Waals surface area contributed by atoms with Crippen molar-refractivity contribution in [3.8, 4) is 0 Å². The third-order valence-electron chi connectivity index (χ3n) is 4.65. The highest BCUT2D eigenvalue weighted by Gasteiger charge is 2.36. The zero-order valence-electron chi connectivity index (χ0n) is 16.2. The Labute approximate surface area is 166 Å². The van der Waals surface area contributed by atoms with Crippen LogP contribution in [0.5, 0.6) is 0 Å². The number of urea groups is 1. The largest absolute Gasteiger partial charge is 0.455 e. The molecule has 1 aromatic heterocycles. The van der Waals surface area contributed by atoms with Crippen molar-refractivity contribution in [2.75, 3.05) is 5.32 Å². The van der Waals surface area contributed by atoms with Crippen molar-refractivity contribution >= 4 is 29.0 Å². The molecule has 152 valence electrons. The molecule has 0 radical (unpaired) electrons. The van der Waals surface area contributed by atoms with Crippen molar-refractivity contribution in [2.45, 2.75) is 33.6 Å². The number of nitrogens with one attached hydrogen (secondary N) is 2. The molecule has 29 heavy (non-hydrogen) atoms. The van der Waals surface area contributed by atoms with E-state index in [0.29, 0.717) is 35.4 Å². The number of nitrogens with zero attached hydrogens (tertiary/aromatic N) is 2. The van der Waals surface area contributed by atoms with Crippen LogP contribution >= 0.6 is 0 Å². The minimum atomic E-state index is -0.794. The number of furan rings is 1. The zero-order valence-corrected chi connectivity index (χ0v) is 16.2. The summed E-state index contributed by atoms with van der Waals surface area (Å²) >= 11 is 0.